The first kappa shape index (κ1) is 13.1. The van der Waals surface area contributed by atoms with Crippen molar-refractivity contribution in [1.29, 1.82) is 0 Å². The third-order valence-corrected chi connectivity index (χ3v) is 4.26. The van der Waals surface area contributed by atoms with Gasteiger partial charge in [0, 0.05) is 17.1 Å². The van der Waals surface area contributed by atoms with E-state index in [0.717, 1.165) is 22.3 Å². The van der Waals surface area contributed by atoms with Gasteiger partial charge >= 0.3 is 0 Å². The molecule has 0 atom stereocenters. The Morgan fingerprint density at radius 2 is 1.90 bits per heavy atom. The minimum atomic E-state index is 0.676. The average Bonchev–Trinajstić information content (AvgIpc) is 2.81. The molecule has 0 aliphatic heterocycles. The number of aryl methyl sites for hydroxylation is 3. The molecule has 0 N–H and O–H groups in total. The Bertz CT molecular complexity index is 764. The van der Waals surface area contributed by atoms with E-state index in [0.29, 0.717) is 5.78 Å². The van der Waals surface area contributed by atoms with Gasteiger partial charge in [-0.25, -0.2) is 4.98 Å². The summed E-state index contributed by atoms with van der Waals surface area (Å²) in [5.74, 6) is 1.57. The Hall–Kier alpha value is -1.88. The maximum Gasteiger partial charge on any atom is 0.256 e. The summed E-state index contributed by atoms with van der Waals surface area (Å²) in [5.41, 5.74) is 4.72. The van der Waals surface area contributed by atoms with Crippen LogP contribution in [0.1, 0.15) is 22.5 Å². The lowest BCUT2D eigenvalue weighted by Gasteiger charge is -2.06. The number of benzene rings is 1. The number of hydrogen-bond acceptors (Lipinski definition) is 4. The van der Waals surface area contributed by atoms with Crippen LogP contribution >= 0.6 is 11.8 Å². The standard InChI is InChI=1S/C15H16N4S/c1-10-6-4-5-7-13(10)9-20-15-18-17-14-16-11(2)8-12(3)19(14)15/h4-8H,9H2,1-3H3. The van der Waals surface area contributed by atoms with Gasteiger partial charge < -0.3 is 0 Å². The van der Waals surface area contributed by atoms with E-state index in [1.54, 1.807) is 11.8 Å². The smallest absolute Gasteiger partial charge is 0.256 e. The number of thioether (sulfide) groups is 1. The molecule has 3 rings (SSSR count). The van der Waals surface area contributed by atoms with Crippen LogP contribution in [0, 0.1) is 20.8 Å². The first-order valence-electron chi connectivity index (χ1n) is 6.52. The second kappa shape index (κ2) is 5.25. The molecular weight excluding hydrogens is 268 g/mol. The highest BCUT2D eigenvalue weighted by Gasteiger charge is 2.10. The molecule has 2 aromatic heterocycles. The fraction of sp³-hybridized carbons (Fsp3) is 0.267. The van der Waals surface area contributed by atoms with Crippen LogP contribution < -0.4 is 0 Å². The van der Waals surface area contributed by atoms with E-state index < -0.39 is 0 Å². The number of rotatable bonds is 3. The summed E-state index contributed by atoms with van der Waals surface area (Å²) in [6, 6.07) is 10.5. The van der Waals surface area contributed by atoms with Gasteiger partial charge in [0.1, 0.15) is 0 Å². The lowest BCUT2D eigenvalue weighted by molar-refractivity contribution is 0.886. The number of aromatic nitrogens is 4. The zero-order valence-corrected chi connectivity index (χ0v) is 12.6. The van der Waals surface area contributed by atoms with Crippen molar-refractivity contribution in [3.8, 4) is 0 Å². The van der Waals surface area contributed by atoms with E-state index in [2.05, 4.69) is 53.3 Å². The highest BCUT2D eigenvalue weighted by Crippen LogP contribution is 2.24. The first-order valence-corrected chi connectivity index (χ1v) is 7.50. The third kappa shape index (κ3) is 2.41. The molecule has 0 bridgehead atoms. The molecule has 0 radical (unpaired) electrons. The van der Waals surface area contributed by atoms with Crippen LogP contribution in [0.2, 0.25) is 0 Å². The van der Waals surface area contributed by atoms with Gasteiger partial charge in [-0.1, -0.05) is 36.0 Å². The van der Waals surface area contributed by atoms with E-state index >= 15 is 0 Å². The summed E-state index contributed by atoms with van der Waals surface area (Å²) in [6.07, 6.45) is 0. The van der Waals surface area contributed by atoms with Crippen molar-refractivity contribution in [2.75, 3.05) is 0 Å². The summed E-state index contributed by atoms with van der Waals surface area (Å²) in [4.78, 5) is 4.41. The molecule has 4 nitrogen and oxygen atoms in total. The minimum Gasteiger partial charge on any atom is -0.259 e. The van der Waals surface area contributed by atoms with Gasteiger partial charge in [0.2, 0.25) is 0 Å². The summed E-state index contributed by atoms with van der Waals surface area (Å²) < 4.78 is 2.01. The van der Waals surface area contributed by atoms with Crippen molar-refractivity contribution >= 4 is 17.5 Å². The van der Waals surface area contributed by atoms with E-state index in [1.165, 1.54) is 11.1 Å². The molecule has 0 amide bonds. The number of hydrogen-bond donors (Lipinski definition) is 0. The summed E-state index contributed by atoms with van der Waals surface area (Å²) in [7, 11) is 0. The molecule has 0 saturated carbocycles. The zero-order valence-electron chi connectivity index (χ0n) is 11.8. The molecule has 0 unspecified atom stereocenters. The molecule has 2 heterocycles. The molecular formula is C15H16N4S. The molecule has 3 aromatic rings. The van der Waals surface area contributed by atoms with Gasteiger partial charge in [-0.05, 0) is 38.0 Å². The topological polar surface area (TPSA) is 43.1 Å². The van der Waals surface area contributed by atoms with E-state index in [1.807, 2.05) is 17.4 Å². The zero-order chi connectivity index (χ0) is 14.1. The molecule has 0 aliphatic carbocycles. The van der Waals surface area contributed by atoms with Crippen LogP contribution in [0.3, 0.4) is 0 Å². The predicted molar refractivity (Wildman–Crippen MR) is 81.0 cm³/mol. The summed E-state index contributed by atoms with van der Waals surface area (Å²) >= 11 is 1.69. The molecule has 0 spiro atoms. The maximum absolute atomic E-state index is 4.41. The molecule has 0 saturated heterocycles. The molecule has 1 aromatic carbocycles. The molecule has 20 heavy (non-hydrogen) atoms. The van der Waals surface area contributed by atoms with Crippen LogP contribution in [-0.2, 0) is 5.75 Å². The average molecular weight is 284 g/mol. The maximum atomic E-state index is 4.41. The molecule has 102 valence electrons. The third-order valence-electron chi connectivity index (χ3n) is 3.28. The lowest BCUT2D eigenvalue weighted by atomic mass is 10.1. The largest absolute Gasteiger partial charge is 0.259 e. The normalized spacial score (nSPS) is 11.2. The highest BCUT2D eigenvalue weighted by atomic mass is 32.2. The molecule has 5 heteroatoms. The Morgan fingerprint density at radius 1 is 1.10 bits per heavy atom. The Labute approximate surface area is 122 Å². The predicted octanol–water partition coefficient (Wildman–Crippen LogP) is 3.34. The van der Waals surface area contributed by atoms with Crippen LogP contribution in [0.25, 0.3) is 5.78 Å². The Morgan fingerprint density at radius 3 is 2.70 bits per heavy atom. The Kier molecular flexibility index (Phi) is 3.44. The van der Waals surface area contributed by atoms with Gasteiger partial charge in [0.15, 0.2) is 5.16 Å². The van der Waals surface area contributed by atoms with Crippen LogP contribution in [0.5, 0.6) is 0 Å². The number of fused-ring (bicyclic) bond motifs is 1. The van der Waals surface area contributed by atoms with Crippen molar-refractivity contribution in [2.24, 2.45) is 0 Å². The Balaban J connectivity index is 1.90. The quantitative estimate of drug-likeness (QED) is 0.692. The van der Waals surface area contributed by atoms with E-state index in [-0.39, 0.29) is 0 Å². The van der Waals surface area contributed by atoms with Crippen LogP contribution in [0.4, 0.5) is 0 Å². The van der Waals surface area contributed by atoms with Crippen LogP contribution in [0.15, 0.2) is 35.5 Å². The first-order chi connectivity index (χ1) is 9.65. The summed E-state index contributed by atoms with van der Waals surface area (Å²) in [5, 5.41) is 9.31. The van der Waals surface area contributed by atoms with Gasteiger partial charge in [0.25, 0.3) is 5.78 Å². The van der Waals surface area contributed by atoms with Crippen LogP contribution in [-0.4, -0.2) is 19.6 Å². The van der Waals surface area contributed by atoms with Crippen molar-refractivity contribution in [3.63, 3.8) is 0 Å². The van der Waals surface area contributed by atoms with Crippen molar-refractivity contribution in [2.45, 2.75) is 31.7 Å². The van der Waals surface area contributed by atoms with Crippen molar-refractivity contribution in [3.05, 3.63) is 52.8 Å². The van der Waals surface area contributed by atoms with Gasteiger partial charge in [-0.3, -0.25) is 4.40 Å². The monoisotopic (exact) mass is 284 g/mol. The minimum absolute atomic E-state index is 0.676. The second-order valence-corrected chi connectivity index (χ2v) is 5.81. The highest BCUT2D eigenvalue weighted by molar-refractivity contribution is 7.98. The second-order valence-electron chi connectivity index (χ2n) is 4.87. The SMILES string of the molecule is Cc1cc(C)n2c(SCc3ccccc3C)nnc2n1. The van der Waals surface area contributed by atoms with Gasteiger partial charge in [0.05, 0.1) is 0 Å². The molecule has 0 aliphatic rings. The van der Waals surface area contributed by atoms with E-state index in [4.69, 9.17) is 0 Å². The fourth-order valence-electron chi connectivity index (χ4n) is 2.21. The lowest BCUT2D eigenvalue weighted by Crippen LogP contribution is -1.98. The van der Waals surface area contributed by atoms with E-state index in [9.17, 15) is 0 Å². The molecule has 0 fully saturated rings. The fourth-order valence-corrected chi connectivity index (χ4v) is 3.27. The van der Waals surface area contributed by atoms with Gasteiger partial charge in [-0.2, -0.15) is 0 Å². The van der Waals surface area contributed by atoms with Gasteiger partial charge in [-0.15, -0.1) is 10.2 Å². The summed E-state index contributed by atoms with van der Waals surface area (Å²) in [6.45, 7) is 6.17. The number of nitrogens with zero attached hydrogens (tertiary/aromatic N) is 4. The van der Waals surface area contributed by atoms with Crippen molar-refractivity contribution in [1.82, 2.24) is 19.6 Å². The van der Waals surface area contributed by atoms with Crippen molar-refractivity contribution < 1.29 is 0 Å².